The Bertz CT molecular complexity index is 1050. The minimum Gasteiger partial charge on any atom is -0.337 e. The Morgan fingerprint density at radius 3 is 2.58 bits per heavy atom. The van der Waals surface area contributed by atoms with E-state index < -0.39 is 11.7 Å². The van der Waals surface area contributed by atoms with Gasteiger partial charge in [0, 0.05) is 44.1 Å². The zero-order valence-corrected chi connectivity index (χ0v) is 16.7. The molecule has 7 nitrogen and oxygen atoms in total. The third kappa shape index (κ3) is 4.58. The largest absolute Gasteiger partial charge is 0.416 e. The van der Waals surface area contributed by atoms with Crippen LogP contribution < -0.4 is 0 Å². The van der Waals surface area contributed by atoms with Gasteiger partial charge in [0.05, 0.1) is 17.2 Å². The van der Waals surface area contributed by atoms with Crippen molar-refractivity contribution in [3.05, 3.63) is 65.8 Å². The third-order valence-corrected chi connectivity index (χ3v) is 5.30. The number of piperazine rings is 1. The van der Waals surface area contributed by atoms with E-state index in [0.29, 0.717) is 37.6 Å². The molecule has 0 radical (unpaired) electrons. The zero-order chi connectivity index (χ0) is 22.0. The van der Waals surface area contributed by atoms with E-state index in [9.17, 15) is 18.0 Å². The topological polar surface area (TPSA) is 75.4 Å². The normalized spacial score (nSPS) is 16.3. The first-order valence-electron chi connectivity index (χ1n) is 9.77. The second-order valence-corrected chi connectivity index (χ2v) is 7.28. The lowest BCUT2D eigenvalue weighted by Gasteiger charge is -2.36. The van der Waals surface area contributed by atoms with Crippen LogP contribution in [0.5, 0.6) is 0 Å². The fraction of sp³-hybridized carbons (Fsp3) is 0.333. The van der Waals surface area contributed by atoms with Crippen molar-refractivity contribution in [1.82, 2.24) is 24.9 Å². The maximum atomic E-state index is 13.0. The summed E-state index contributed by atoms with van der Waals surface area (Å²) in [6.45, 7) is 4.17. The number of benzene rings is 1. The summed E-state index contributed by atoms with van der Waals surface area (Å²) in [5, 5.41) is 3.86. The van der Waals surface area contributed by atoms with Crippen LogP contribution in [0.15, 0.2) is 53.3 Å². The number of carbonyl (C=O) groups is 1. The van der Waals surface area contributed by atoms with Gasteiger partial charge < -0.3 is 9.42 Å². The Balaban J connectivity index is 1.41. The van der Waals surface area contributed by atoms with Crippen LogP contribution in [-0.4, -0.2) is 57.0 Å². The molecule has 0 spiro atoms. The fourth-order valence-electron chi connectivity index (χ4n) is 3.50. The molecule has 1 amide bonds. The number of pyridine rings is 1. The van der Waals surface area contributed by atoms with Gasteiger partial charge >= 0.3 is 6.18 Å². The summed E-state index contributed by atoms with van der Waals surface area (Å²) in [6.07, 6.45) is -1.28. The highest BCUT2D eigenvalue weighted by Crippen LogP contribution is 2.32. The lowest BCUT2D eigenvalue weighted by Crippen LogP contribution is -2.49. The molecule has 31 heavy (non-hydrogen) atoms. The van der Waals surface area contributed by atoms with Crippen molar-refractivity contribution in [2.75, 3.05) is 26.2 Å². The number of carbonyl (C=O) groups excluding carboxylic acids is 1. The van der Waals surface area contributed by atoms with Crippen molar-refractivity contribution in [2.24, 2.45) is 0 Å². The average molecular weight is 431 g/mol. The van der Waals surface area contributed by atoms with E-state index in [-0.39, 0.29) is 23.3 Å². The van der Waals surface area contributed by atoms with Gasteiger partial charge in [-0.1, -0.05) is 17.3 Å². The molecular formula is C21H20F3N5O2. The number of hydrogen-bond acceptors (Lipinski definition) is 6. The van der Waals surface area contributed by atoms with Gasteiger partial charge in [-0.15, -0.1) is 0 Å². The molecule has 3 heterocycles. The zero-order valence-electron chi connectivity index (χ0n) is 16.7. The minimum atomic E-state index is -4.44. The summed E-state index contributed by atoms with van der Waals surface area (Å²) >= 11 is 0. The van der Waals surface area contributed by atoms with Crippen LogP contribution >= 0.6 is 0 Å². The predicted molar refractivity (Wildman–Crippen MR) is 105 cm³/mol. The SMILES string of the molecule is CC(c1nc(-c2cccc(C(F)(F)F)c2)no1)N1CCN(C(=O)c2cccnc2)CC1. The maximum Gasteiger partial charge on any atom is 0.416 e. The van der Waals surface area contributed by atoms with Gasteiger partial charge in [-0.05, 0) is 31.2 Å². The summed E-state index contributed by atoms with van der Waals surface area (Å²) in [7, 11) is 0. The first-order valence-corrected chi connectivity index (χ1v) is 9.77. The molecule has 1 atom stereocenters. The number of halogens is 3. The summed E-state index contributed by atoms with van der Waals surface area (Å²) in [4.78, 5) is 24.7. The third-order valence-electron chi connectivity index (χ3n) is 5.30. The summed E-state index contributed by atoms with van der Waals surface area (Å²) in [5.74, 6) is 0.364. The highest BCUT2D eigenvalue weighted by molar-refractivity contribution is 5.93. The molecule has 0 aliphatic carbocycles. The molecule has 1 unspecified atom stereocenters. The lowest BCUT2D eigenvalue weighted by molar-refractivity contribution is -0.137. The number of hydrogen-bond donors (Lipinski definition) is 0. The highest BCUT2D eigenvalue weighted by Gasteiger charge is 2.31. The fourth-order valence-corrected chi connectivity index (χ4v) is 3.50. The molecule has 1 aliphatic rings. The Hall–Kier alpha value is -3.27. The van der Waals surface area contributed by atoms with Crippen molar-refractivity contribution in [3.63, 3.8) is 0 Å². The van der Waals surface area contributed by atoms with Gasteiger partial charge in [-0.3, -0.25) is 14.7 Å². The number of nitrogens with zero attached hydrogens (tertiary/aromatic N) is 5. The molecule has 10 heteroatoms. The van der Waals surface area contributed by atoms with E-state index in [4.69, 9.17) is 4.52 Å². The molecular weight excluding hydrogens is 411 g/mol. The van der Waals surface area contributed by atoms with Crippen molar-refractivity contribution >= 4 is 5.91 Å². The van der Waals surface area contributed by atoms with Gasteiger partial charge in [-0.25, -0.2) is 0 Å². The minimum absolute atomic E-state index is 0.0648. The molecule has 0 N–H and O–H groups in total. The molecule has 1 aromatic carbocycles. The van der Waals surface area contributed by atoms with Crippen LogP contribution in [0.3, 0.4) is 0 Å². The highest BCUT2D eigenvalue weighted by atomic mass is 19.4. The monoisotopic (exact) mass is 431 g/mol. The Morgan fingerprint density at radius 2 is 1.90 bits per heavy atom. The summed E-state index contributed by atoms with van der Waals surface area (Å²) < 4.78 is 44.2. The number of alkyl halides is 3. The molecule has 3 aromatic rings. The molecule has 4 rings (SSSR count). The van der Waals surface area contributed by atoms with E-state index in [1.54, 1.807) is 29.4 Å². The van der Waals surface area contributed by atoms with Gasteiger partial charge in [0.2, 0.25) is 11.7 Å². The number of rotatable bonds is 4. The van der Waals surface area contributed by atoms with Crippen LogP contribution in [0.4, 0.5) is 13.2 Å². The second-order valence-electron chi connectivity index (χ2n) is 7.28. The van der Waals surface area contributed by atoms with Crippen molar-refractivity contribution in [1.29, 1.82) is 0 Å². The lowest BCUT2D eigenvalue weighted by atomic mass is 10.1. The molecule has 162 valence electrons. The van der Waals surface area contributed by atoms with E-state index in [2.05, 4.69) is 20.0 Å². The smallest absolute Gasteiger partial charge is 0.337 e. The number of amides is 1. The molecule has 0 bridgehead atoms. The Kier molecular flexibility index (Phi) is 5.73. The van der Waals surface area contributed by atoms with Crippen LogP contribution in [-0.2, 0) is 6.18 Å². The standard InChI is InChI=1S/C21H20F3N5O2/c1-14(28-8-10-29(11-9-28)20(30)16-5-3-7-25-13-16)19-26-18(27-31-19)15-4-2-6-17(12-15)21(22,23)24/h2-7,12-14H,8-11H2,1H3. The van der Waals surface area contributed by atoms with Crippen molar-refractivity contribution < 1.29 is 22.5 Å². The first-order chi connectivity index (χ1) is 14.8. The quantitative estimate of drug-likeness (QED) is 0.628. The molecule has 1 aliphatic heterocycles. The molecule has 0 saturated carbocycles. The summed E-state index contributed by atoms with van der Waals surface area (Å²) in [5.41, 5.74) is 0.0225. The van der Waals surface area contributed by atoms with E-state index in [1.165, 1.54) is 12.1 Å². The van der Waals surface area contributed by atoms with E-state index in [1.807, 2.05) is 6.92 Å². The number of aromatic nitrogens is 3. The van der Waals surface area contributed by atoms with Crippen LogP contribution in [0.2, 0.25) is 0 Å². The maximum absolute atomic E-state index is 13.0. The van der Waals surface area contributed by atoms with Crippen molar-refractivity contribution in [2.45, 2.75) is 19.1 Å². The molecule has 1 saturated heterocycles. The van der Waals surface area contributed by atoms with Crippen LogP contribution in [0.1, 0.15) is 34.8 Å². The van der Waals surface area contributed by atoms with Gasteiger partial charge in [0.25, 0.3) is 5.91 Å². The molecule has 2 aromatic heterocycles. The van der Waals surface area contributed by atoms with E-state index in [0.717, 1.165) is 12.1 Å². The Morgan fingerprint density at radius 1 is 1.13 bits per heavy atom. The first kappa shape index (κ1) is 21.0. The van der Waals surface area contributed by atoms with E-state index >= 15 is 0 Å². The summed E-state index contributed by atoms with van der Waals surface area (Å²) in [6, 6.07) is 8.05. The van der Waals surface area contributed by atoms with Crippen LogP contribution in [0.25, 0.3) is 11.4 Å². The van der Waals surface area contributed by atoms with Crippen LogP contribution in [0, 0.1) is 0 Å². The van der Waals surface area contributed by atoms with Gasteiger partial charge in [-0.2, -0.15) is 18.2 Å². The predicted octanol–water partition coefficient (Wildman–Crippen LogP) is 3.67. The van der Waals surface area contributed by atoms with Gasteiger partial charge in [0.15, 0.2) is 0 Å². The van der Waals surface area contributed by atoms with Gasteiger partial charge in [0.1, 0.15) is 0 Å². The van der Waals surface area contributed by atoms with Crippen molar-refractivity contribution in [3.8, 4) is 11.4 Å². The second kappa shape index (κ2) is 8.46. The molecule has 1 fully saturated rings. The average Bonchev–Trinajstić information content (AvgIpc) is 3.29. The Labute approximate surface area is 176 Å².